The molecule has 2 unspecified atom stereocenters. The lowest BCUT2D eigenvalue weighted by molar-refractivity contribution is 0.557. The predicted octanol–water partition coefficient (Wildman–Crippen LogP) is 2.67. The van der Waals surface area contributed by atoms with E-state index in [0.717, 1.165) is 29.9 Å². The molecule has 0 heterocycles. The predicted molar refractivity (Wildman–Crippen MR) is 77.5 cm³/mol. The Balaban J connectivity index is 2.04. The molecule has 0 radical (unpaired) electrons. The Kier molecular flexibility index (Phi) is 4.95. The average molecular weight is 265 g/mol. The molecule has 2 atom stereocenters. The van der Waals surface area contributed by atoms with Crippen LogP contribution in [0.25, 0.3) is 0 Å². The Labute approximate surface area is 113 Å². The Hall–Kier alpha value is -0.670. The lowest BCUT2D eigenvalue weighted by Crippen LogP contribution is -2.30. The van der Waals surface area contributed by atoms with Crippen molar-refractivity contribution in [1.29, 1.82) is 0 Å². The highest BCUT2D eigenvalue weighted by Crippen LogP contribution is 2.24. The molecule has 0 bridgehead atoms. The topological polar surface area (TPSA) is 29.1 Å². The minimum absolute atomic E-state index is 0.365. The van der Waals surface area contributed by atoms with E-state index in [4.69, 9.17) is 0 Å². The molecule has 1 N–H and O–H groups in total. The molecule has 2 nitrogen and oxygen atoms in total. The summed E-state index contributed by atoms with van der Waals surface area (Å²) in [5, 5.41) is 3.26. The number of aryl methyl sites for hydroxylation is 2. The maximum atomic E-state index is 12.4. The molecule has 0 aliphatic heterocycles. The first-order valence-corrected chi connectivity index (χ1v) is 8.24. The lowest BCUT2D eigenvalue weighted by atomic mass is 10.1. The maximum Gasteiger partial charge on any atom is 0.0545 e. The Morgan fingerprint density at radius 3 is 2.83 bits per heavy atom. The summed E-state index contributed by atoms with van der Waals surface area (Å²) >= 11 is 0. The van der Waals surface area contributed by atoms with E-state index in [2.05, 4.69) is 30.4 Å². The monoisotopic (exact) mass is 265 g/mol. The quantitative estimate of drug-likeness (QED) is 0.857. The van der Waals surface area contributed by atoms with Crippen molar-refractivity contribution in [2.45, 2.75) is 50.0 Å². The average Bonchev–Trinajstić information content (AvgIpc) is 2.85. The van der Waals surface area contributed by atoms with Gasteiger partial charge in [0.1, 0.15) is 0 Å². The van der Waals surface area contributed by atoms with Crippen LogP contribution in [0.15, 0.2) is 23.1 Å². The lowest BCUT2D eigenvalue weighted by Gasteiger charge is -2.15. The van der Waals surface area contributed by atoms with Crippen molar-refractivity contribution in [1.82, 2.24) is 5.32 Å². The van der Waals surface area contributed by atoms with Gasteiger partial charge >= 0.3 is 0 Å². The Bertz CT molecular complexity index is 431. The van der Waals surface area contributed by atoms with Crippen molar-refractivity contribution in [2.24, 2.45) is 0 Å². The first-order chi connectivity index (χ1) is 8.74. The molecule has 0 amide bonds. The van der Waals surface area contributed by atoms with Crippen molar-refractivity contribution >= 4 is 10.8 Å². The third-order valence-electron chi connectivity index (χ3n) is 3.73. The van der Waals surface area contributed by atoms with Gasteiger partial charge in [-0.3, -0.25) is 4.21 Å². The molecule has 3 heteroatoms. The van der Waals surface area contributed by atoms with Gasteiger partial charge < -0.3 is 5.32 Å². The van der Waals surface area contributed by atoms with Gasteiger partial charge in [0.25, 0.3) is 0 Å². The van der Waals surface area contributed by atoms with Gasteiger partial charge in [-0.25, -0.2) is 0 Å². The first kappa shape index (κ1) is 13.8. The summed E-state index contributed by atoms with van der Waals surface area (Å²) < 4.78 is 12.4. The van der Waals surface area contributed by atoms with Crippen LogP contribution >= 0.6 is 0 Å². The van der Waals surface area contributed by atoms with Gasteiger partial charge in [0.15, 0.2) is 0 Å². The summed E-state index contributed by atoms with van der Waals surface area (Å²) in [5.74, 6) is 0.725. The Morgan fingerprint density at radius 2 is 2.11 bits per heavy atom. The molecule has 18 heavy (non-hydrogen) atoms. The Morgan fingerprint density at radius 1 is 1.33 bits per heavy atom. The number of fused-ring (bicyclic) bond motifs is 1. The molecule has 0 fully saturated rings. The van der Waals surface area contributed by atoms with Crippen LogP contribution in [0.1, 0.15) is 37.3 Å². The summed E-state index contributed by atoms with van der Waals surface area (Å²) in [6, 6.07) is 6.75. The van der Waals surface area contributed by atoms with E-state index >= 15 is 0 Å². The molecule has 0 aromatic heterocycles. The number of benzene rings is 1. The molecule has 1 aliphatic carbocycles. The van der Waals surface area contributed by atoms with Crippen molar-refractivity contribution in [3.63, 3.8) is 0 Å². The number of hydrogen-bond donors (Lipinski definition) is 1. The largest absolute Gasteiger partial charge is 0.316 e. The van der Waals surface area contributed by atoms with Crippen molar-refractivity contribution in [3.8, 4) is 0 Å². The van der Waals surface area contributed by atoms with Crippen LogP contribution in [0.4, 0.5) is 0 Å². The van der Waals surface area contributed by atoms with Crippen molar-refractivity contribution < 1.29 is 4.21 Å². The van der Waals surface area contributed by atoms with Gasteiger partial charge in [0.05, 0.1) is 10.8 Å². The van der Waals surface area contributed by atoms with E-state index in [1.54, 1.807) is 0 Å². The van der Waals surface area contributed by atoms with Crippen LogP contribution in [0.3, 0.4) is 0 Å². The van der Waals surface area contributed by atoms with Gasteiger partial charge in [0.2, 0.25) is 0 Å². The van der Waals surface area contributed by atoms with Gasteiger partial charge in [-0.2, -0.15) is 0 Å². The molecule has 100 valence electrons. The summed E-state index contributed by atoms with van der Waals surface area (Å²) in [7, 11) is 1.09. The fraction of sp³-hybridized carbons (Fsp3) is 0.600. The standard InChI is InChI=1S/C15H23NOS/c1-3-5-14(16-2)11-18(17)15-9-8-12-6-4-7-13(12)10-15/h8-10,14,16H,3-7,11H2,1-2H3. The zero-order valence-corrected chi connectivity index (χ0v) is 12.2. The molecule has 0 saturated heterocycles. The number of rotatable bonds is 6. The maximum absolute atomic E-state index is 12.4. The molecule has 0 saturated carbocycles. The highest BCUT2D eigenvalue weighted by atomic mass is 32.2. The molecule has 1 aliphatic rings. The number of hydrogen-bond acceptors (Lipinski definition) is 2. The minimum Gasteiger partial charge on any atom is -0.316 e. The third kappa shape index (κ3) is 3.21. The zero-order chi connectivity index (χ0) is 13.0. The summed E-state index contributed by atoms with van der Waals surface area (Å²) in [6.45, 7) is 2.17. The van der Waals surface area contributed by atoms with E-state index in [-0.39, 0.29) is 0 Å². The van der Waals surface area contributed by atoms with E-state index in [1.807, 2.05) is 7.05 Å². The van der Waals surface area contributed by atoms with Crippen LogP contribution in [0.5, 0.6) is 0 Å². The first-order valence-electron chi connectivity index (χ1n) is 6.92. The minimum atomic E-state index is -0.870. The van der Waals surface area contributed by atoms with Crippen LogP contribution in [0.2, 0.25) is 0 Å². The number of nitrogens with one attached hydrogen (secondary N) is 1. The SMILES string of the molecule is CCCC(CS(=O)c1ccc2c(c1)CCC2)NC. The van der Waals surface area contributed by atoms with E-state index in [9.17, 15) is 4.21 Å². The van der Waals surface area contributed by atoms with Crippen LogP contribution in [-0.2, 0) is 23.6 Å². The van der Waals surface area contributed by atoms with Crippen molar-refractivity contribution in [2.75, 3.05) is 12.8 Å². The third-order valence-corrected chi connectivity index (χ3v) is 5.22. The van der Waals surface area contributed by atoms with Crippen LogP contribution in [-0.4, -0.2) is 23.1 Å². The van der Waals surface area contributed by atoms with Gasteiger partial charge in [-0.15, -0.1) is 0 Å². The second-order valence-corrected chi connectivity index (χ2v) is 6.57. The molecular formula is C15H23NOS. The van der Waals surface area contributed by atoms with Gasteiger partial charge in [-0.1, -0.05) is 19.4 Å². The summed E-state index contributed by atoms with van der Waals surface area (Å²) in [5.41, 5.74) is 2.87. The van der Waals surface area contributed by atoms with E-state index in [1.165, 1.54) is 24.0 Å². The van der Waals surface area contributed by atoms with Crippen molar-refractivity contribution in [3.05, 3.63) is 29.3 Å². The fourth-order valence-electron chi connectivity index (χ4n) is 2.63. The second-order valence-electron chi connectivity index (χ2n) is 5.07. The smallest absolute Gasteiger partial charge is 0.0545 e. The molecule has 2 rings (SSSR count). The molecule has 0 spiro atoms. The van der Waals surface area contributed by atoms with E-state index in [0.29, 0.717) is 6.04 Å². The summed E-state index contributed by atoms with van der Waals surface area (Å²) in [6.07, 6.45) is 5.82. The summed E-state index contributed by atoms with van der Waals surface area (Å²) in [4.78, 5) is 1.01. The molecule has 1 aromatic rings. The van der Waals surface area contributed by atoms with Crippen LogP contribution < -0.4 is 5.32 Å². The van der Waals surface area contributed by atoms with Crippen LogP contribution in [0, 0.1) is 0 Å². The fourth-order valence-corrected chi connectivity index (χ4v) is 4.01. The highest BCUT2D eigenvalue weighted by molar-refractivity contribution is 7.85. The normalized spacial score (nSPS) is 17.4. The highest BCUT2D eigenvalue weighted by Gasteiger charge is 2.15. The van der Waals surface area contributed by atoms with E-state index < -0.39 is 10.8 Å². The van der Waals surface area contributed by atoms with Gasteiger partial charge in [-0.05, 0) is 56.0 Å². The second kappa shape index (κ2) is 6.48. The molecular weight excluding hydrogens is 242 g/mol. The molecule has 1 aromatic carbocycles. The van der Waals surface area contributed by atoms with Gasteiger partial charge in [0, 0.05) is 16.7 Å². The zero-order valence-electron chi connectivity index (χ0n) is 11.4.